The van der Waals surface area contributed by atoms with Crippen molar-refractivity contribution in [2.45, 2.75) is 25.3 Å². The molecule has 2 amide bonds. The van der Waals surface area contributed by atoms with Gasteiger partial charge in [-0.15, -0.1) is 0 Å². The van der Waals surface area contributed by atoms with Crippen LogP contribution in [-0.4, -0.2) is 87.4 Å². The number of hydrogen-bond donors (Lipinski definition) is 3. The van der Waals surface area contributed by atoms with Gasteiger partial charge in [0.05, 0.1) is 31.7 Å². The van der Waals surface area contributed by atoms with Crippen LogP contribution in [0.3, 0.4) is 0 Å². The average Bonchev–Trinajstić information content (AvgIpc) is 3.31. The monoisotopic (exact) mass is 533 g/mol. The van der Waals surface area contributed by atoms with Crippen molar-refractivity contribution in [3.63, 3.8) is 0 Å². The molecule has 2 aliphatic heterocycles. The van der Waals surface area contributed by atoms with Crippen LogP contribution >= 0.6 is 0 Å². The lowest BCUT2D eigenvalue weighted by Crippen LogP contribution is -3.28. The summed E-state index contributed by atoms with van der Waals surface area (Å²) in [6.07, 6.45) is 3.03. The molecule has 2 unspecified atom stereocenters. The van der Waals surface area contributed by atoms with Crippen LogP contribution in [0.4, 0.5) is 0 Å². The first kappa shape index (κ1) is 27.4. The van der Waals surface area contributed by atoms with E-state index in [9.17, 15) is 9.59 Å². The Bertz CT molecular complexity index is 1300. The van der Waals surface area contributed by atoms with E-state index in [1.54, 1.807) is 16.9 Å². The van der Waals surface area contributed by atoms with Gasteiger partial charge in [-0.05, 0) is 24.6 Å². The van der Waals surface area contributed by atoms with Crippen LogP contribution in [0.25, 0.3) is 10.9 Å². The number of quaternary nitrogens is 2. The van der Waals surface area contributed by atoms with E-state index in [2.05, 4.69) is 35.1 Å². The van der Waals surface area contributed by atoms with E-state index in [1.165, 1.54) is 32.7 Å². The number of carbonyl (C=O) groups excluding carboxylic acids is 2. The number of nitrogens with zero attached hydrogens (tertiary/aromatic N) is 2. The summed E-state index contributed by atoms with van der Waals surface area (Å²) < 4.78 is 7.49. The summed E-state index contributed by atoms with van der Waals surface area (Å²) in [5, 5.41) is 4.33. The molecule has 0 spiro atoms. The standard InChI is InChI=1S/C31H41N5O3/c1-4-34-16-18-35(19-17-34)15-9-14-32-30(37)28-24-11-5-6-12-25(24)31(38)36(20-21-39-3)29(28)26-22-33(2)27-13-8-7-10-23(26)27/h5-8,10-13,22,28-29H,4,9,14-21H2,1-3H3,(H,32,37)/p+2. The molecule has 0 aliphatic carbocycles. The van der Waals surface area contributed by atoms with Gasteiger partial charge in [-0.3, -0.25) is 9.59 Å². The zero-order chi connectivity index (χ0) is 27.4. The molecule has 208 valence electrons. The van der Waals surface area contributed by atoms with Crippen molar-refractivity contribution < 1.29 is 24.1 Å². The number of fused-ring (bicyclic) bond motifs is 2. The zero-order valence-corrected chi connectivity index (χ0v) is 23.5. The molecule has 3 aromatic rings. The van der Waals surface area contributed by atoms with Crippen molar-refractivity contribution in [2.75, 3.05) is 66.1 Å². The van der Waals surface area contributed by atoms with E-state index in [4.69, 9.17) is 4.74 Å². The summed E-state index contributed by atoms with van der Waals surface area (Å²) in [5.41, 5.74) is 3.48. The summed E-state index contributed by atoms with van der Waals surface area (Å²) in [4.78, 5) is 33.0. The number of hydrogen-bond acceptors (Lipinski definition) is 3. The number of nitrogens with one attached hydrogen (secondary N) is 3. The highest BCUT2D eigenvalue weighted by molar-refractivity contribution is 6.02. The molecule has 1 aromatic heterocycles. The van der Waals surface area contributed by atoms with Gasteiger partial charge in [-0.2, -0.15) is 0 Å². The van der Waals surface area contributed by atoms with E-state index in [1.807, 2.05) is 48.3 Å². The van der Waals surface area contributed by atoms with Gasteiger partial charge in [0.25, 0.3) is 5.91 Å². The lowest BCUT2D eigenvalue weighted by Gasteiger charge is -2.41. The number of aryl methyl sites for hydroxylation is 1. The molecule has 0 saturated carbocycles. The third-order valence-electron chi connectivity index (χ3n) is 8.67. The quantitative estimate of drug-likeness (QED) is 0.331. The van der Waals surface area contributed by atoms with Crippen LogP contribution in [0.5, 0.6) is 0 Å². The van der Waals surface area contributed by atoms with Crippen LogP contribution in [-0.2, 0) is 16.6 Å². The molecule has 0 radical (unpaired) electrons. The number of rotatable bonds is 10. The van der Waals surface area contributed by atoms with E-state index < -0.39 is 12.0 Å². The zero-order valence-electron chi connectivity index (χ0n) is 23.5. The number of para-hydroxylation sites is 1. The van der Waals surface area contributed by atoms with Gasteiger partial charge < -0.3 is 29.3 Å². The van der Waals surface area contributed by atoms with Gasteiger partial charge in [-0.25, -0.2) is 0 Å². The molecule has 8 heteroatoms. The van der Waals surface area contributed by atoms with Crippen molar-refractivity contribution in [3.8, 4) is 0 Å². The van der Waals surface area contributed by atoms with Crippen LogP contribution in [0.2, 0.25) is 0 Å². The largest absolute Gasteiger partial charge is 0.383 e. The maximum Gasteiger partial charge on any atom is 0.254 e. The molecular formula is C31H43N5O3+2. The highest BCUT2D eigenvalue weighted by Crippen LogP contribution is 2.45. The van der Waals surface area contributed by atoms with Crippen molar-refractivity contribution in [1.29, 1.82) is 0 Å². The number of ether oxygens (including phenoxy) is 1. The van der Waals surface area contributed by atoms with Crippen LogP contribution in [0, 0.1) is 0 Å². The second-order valence-corrected chi connectivity index (χ2v) is 11.0. The predicted octanol–water partition coefficient (Wildman–Crippen LogP) is 0.415. The van der Waals surface area contributed by atoms with Crippen molar-refractivity contribution >= 4 is 22.7 Å². The summed E-state index contributed by atoms with van der Waals surface area (Å²) in [5.74, 6) is -0.585. The van der Waals surface area contributed by atoms with Crippen LogP contribution < -0.4 is 15.1 Å². The molecule has 1 fully saturated rings. The van der Waals surface area contributed by atoms with E-state index in [0.29, 0.717) is 25.3 Å². The minimum atomic E-state index is -0.509. The number of piperazine rings is 1. The molecule has 2 aromatic carbocycles. The van der Waals surface area contributed by atoms with Crippen molar-refractivity contribution in [3.05, 3.63) is 71.4 Å². The molecule has 2 aliphatic rings. The van der Waals surface area contributed by atoms with Gasteiger partial charge in [0, 0.05) is 61.9 Å². The molecular weight excluding hydrogens is 490 g/mol. The number of likely N-dealkylation sites (N-methyl/N-ethyl adjacent to an activating group) is 1. The molecule has 8 nitrogen and oxygen atoms in total. The number of benzene rings is 2. The highest BCUT2D eigenvalue weighted by atomic mass is 16.5. The molecule has 2 atom stereocenters. The Hall–Kier alpha value is -3.20. The van der Waals surface area contributed by atoms with E-state index in [0.717, 1.165) is 35.0 Å². The van der Waals surface area contributed by atoms with Gasteiger partial charge >= 0.3 is 0 Å². The van der Waals surface area contributed by atoms with Crippen LogP contribution in [0.15, 0.2) is 54.7 Å². The van der Waals surface area contributed by atoms with Crippen molar-refractivity contribution in [1.82, 2.24) is 14.8 Å². The Labute approximate surface area is 231 Å². The third-order valence-corrected chi connectivity index (χ3v) is 8.67. The van der Waals surface area contributed by atoms with E-state index in [-0.39, 0.29) is 11.8 Å². The summed E-state index contributed by atoms with van der Waals surface area (Å²) in [7, 11) is 3.66. The minimum Gasteiger partial charge on any atom is -0.383 e. The number of aromatic nitrogens is 1. The third kappa shape index (κ3) is 5.60. The molecule has 39 heavy (non-hydrogen) atoms. The molecule has 5 rings (SSSR count). The maximum atomic E-state index is 14.0. The summed E-state index contributed by atoms with van der Waals surface area (Å²) >= 11 is 0. The first-order chi connectivity index (χ1) is 19.0. The SMILES string of the molecule is CC[NH+]1CC[NH+](CCCNC(=O)C2c3ccccc3C(=O)N(CCOC)C2c2cn(C)c3ccccc23)CC1. The molecule has 0 bridgehead atoms. The fraction of sp³-hybridized carbons (Fsp3) is 0.484. The number of carbonyl (C=O) groups is 2. The summed E-state index contributed by atoms with van der Waals surface area (Å²) in [6, 6.07) is 15.4. The Morgan fingerprint density at radius 2 is 1.74 bits per heavy atom. The first-order valence-electron chi connectivity index (χ1n) is 14.4. The smallest absolute Gasteiger partial charge is 0.254 e. The second kappa shape index (κ2) is 12.3. The Kier molecular flexibility index (Phi) is 8.65. The minimum absolute atomic E-state index is 0.0226. The normalized spacial score (nSPS) is 23.2. The first-order valence-corrected chi connectivity index (χ1v) is 14.4. The van der Waals surface area contributed by atoms with Gasteiger partial charge in [0.2, 0.25) is 5.91 Å². The molecule has 3 N–H and O–H groups in total. The Morgan fingerprint density at radius 1 is 1.03 bits per heavy atom. The number of methoxy groups -OCH3 is 1. The Balaban J connectivity index is 1.42. The van der Waals surface area contributed by atoms with Crippen molar-refractivity contribution in [2.24, 2.45) is 7.05 Å². The second-order valence-electron chi connectivity index (χ2n) is 11.0. The highest BCUT2D eigenvalue weighted by Gasteiger charge is 2.44. The van der Waals surface area contributed by atoms with Gasteiger partial charge in [0.1, 0.15) is 26.2 Å². The summed E-state index contributed by atoms with van der Waals surface area (Å²) in [6.45, 7) is 10.9. The lowest BCUT2D eigenvalue weighted by molar-refractivity contribution is -1.01. The van der Waals surface area contributed by atoms with Gasteiger partial charge in [-0.1, -0.05) is 36.4 Å². The molecule has 3 heterocycles. The topological polar surface area (TPSA) is 72.5 Å². The van der Waals surface area contributed by atoms with Crippen LogP contribution in [0.1, 0.15) is 46.8 Å². The average molecular weight is 534 g/mol. The fourth-order valence-electron chi connectivity index (χ4n) is 6.49. The van der Waals surface area contributed by atoms with E-state index >= 15 is 0 Å². The fourth-order valence-corrected chi connectivity index (χ4v) is 6.49. The maximum absolute atomic E-state index is 14.0. The molecule has 1 saturated heterocycles. The Morgan fingerprint density at radius 3 is 2.51 bits per heavy atom. The number of amides is 2. The van der Waals surface area contributed by atoms with Gasteiger partial charge in [0.15, 0.2) is 0 Å². The lowest BCUT2D eigenvalue weighted by atomic mass is 9.79. The predicted molar refractivity (Wildman–Crippen MR) is 152 cm³/mol.